The summed E-state index contributed by atoms with van der Waals surface area (Å²) in [5.41, 5.74) is 0. The highest BCUT2D eigenvalue weighted by Gasteiger charge is 2.18. The summed E-state index contributed by atoms with van der Waals surface area (Å²) in [6.07, 6.45) is 4.84. The van der Waals surface area contributed by atoms with Gasteiger partial charge in [-0.2, -0.15) is 10.1 Å². The highest BCUT2D eigenvalue weighted by molar-refractivity contribution is 4.57. The van der Waals surface area contributed by atoms with E-state index < -0.39 is 0 Å². The molecule has 104 valence electrons. The van der Waals surface area contributed by atoms with Gasteiger partial charge in [0.05, 0.1) is 0 Å². The van der Waals surface area contributed by atoms with Gasteiger partial charge in [-0.05, 0) is 40.5 Å². The average Bonchev–Trinajstić information content (AvgIpc) is 2.27. The van der Waals surface area contributed by atoms with Gasteiger partial charge in [-0.25, -0.2) is 4.94 Å². The summed E-state index contributed by atoms with van der Waals surface area (Å²) in [6, 6.07) is 0.835. The Kier molecular flexibility index (Phi) is 9.79. The molecule has 0 aromatic heterocycles. The molecule has 3 heteroatoms. The molecule has 0 amide bonds. The van der Waals surface area contributed by atoms with E-state index in [2.05, 4.69) is 51.7 Å². The van der Waals surface area contributed by atoms with Crippen molar-refractivity contribution in [1.29, 1.82) is 0 Å². The van der Waals surface area contributed by atoms with E-state index in [1.165, 1.54) is 25.7 Å². The Labute approximate surface area is 108 Å². The van der Waals surface area contributed by atoms with Gasteiger partial charge in [0.1, 0.15) is 0 Å². The lowest BCUT2D eigenvalue weighted by Gasteiger charge is -2.34. The molecule has 0 aromatic rings. The Balaban J connectivity index is 4.25. The fraction of sp³-hybridized carbons (Fsp3) is 1.00. The summed E-state index contributed by atoms with van der Waals surface area (Å²) < 4.78 is 0. The van der Waals surface area contributed by atoms with E-state index in [-0.39, 0.29) is 0 Å². The van der Waals surface area contributed by atoms with Gasteiger partial charge in [-0.1, -0.05) is 26.7 Å². The first-order valence-corrected chi connectivity index (χ1v) is 7.24. The first kappa shape index (κ1) is 16.9. The zero-order valence-corrected chi connectivity index (χ0v) is 12.7. The Bertz CT molecular complexity index is 156. The molecule has 0 fully saturated rings. The van der Waals surface area contributed by atoms with Crippen LogP contribution in [0.5, 0.6) is 0 Å². The number of hydrogen-bond acceptors (Lipinski definition) is 3. The third-order valence-electron chi connectivity index (χ3n) is 2.75. The third kappa shape index (κ3) is 7.74. The van der Waals surface area contributed by atoms with E-state index in [1.807, 2.05) is 0 Å². The molecular formula is C14H32N2O. The molecule has 0 aromatic carbocycles. The highest BCUT2D eigenvalue weighted by atomic mass is 16.8. The Morgan fingerprint density at radius 2 is 1.24 bits per heavy atom. The highest BCUT2D eigenvalue weighted by Crippen LogP contribution is 2.10. The van der Waals surface area contributed by atoms with Gasteiger partial charge in [0.25, 0.3) is 0 Å². The summed E-state index contributed by atoms with van der Waals surface area (Å²) >= 11 is 0. The van der Waals surface area contributed by atoms with Crippen molar-refractivity contribution in [3.8, 4) is 0 Å². The molecule has 0 aliphatic rings. The Morgan fingerprint density at radius 3 is 1.53 bits per heavy atom. The fourth-order valence-corrected chi connectivity index (χ4v) is 1.78. The van der Waals surface area contributed by atoms with Crippen LogP contribution < -0.4 is 0 Å². The van der Waals surface area contributed by atoms with Gasteiger partial charge in [0.2, 0.25) is 0 Å². The molecule has 0 bridgehead atoms. The van der Waals surface area contributed by atoms with Crippen LogP contribution in [0.25, 0.3) is 0 Å². The van der Waals surface area contributed by atoms with E-state index in [9.17, 15) is 0 Å². The van der Waals surface area contributed by atoms with Gasteiger partial charge >= 0.3 is 0 Å². The zero-order chi connectivity index (χ0) is 13.3. The standard InChI is InChI=1S/C14H32N2O/c1-7-9-11-15(12-10-8-2)17-16(13(3)4)14(5)6/h13-14H,7-12H2,1-6H3. The van der Waals surface area contributed by atoms with Gasteiger partial charge in [-0.15, -0.1) is 0 Å². The number of nitrogens with zero attached hydrogens (tertiary/aromatic N) is 2. The number of unbranched alkanes of at least 4 members (excludes halogenated alkanes) is 2. The van der Waals surface area contributed by atoms with Gasteiger partial charge < -0.3 is 0 Å². The van der Waals surface area contributed by atoms with E-state index >= 15 is 0 Å². The molecule has 0 saturated carbocycles. The van der Waals surface area contributed by atoms with Crippen LogP contribution in [0.1, 0.15) is 67.2 Å². The molecule has 0 rings (SSSR count). The average molecular weight is 244 g/mol. The lowest BCUT2D eigenvalue weighted by molar-refractivity contribution is -0.348. The van der Waals surface area contributed by atoms with Crippen LogP contribution in [0.2, 0.25) is 0 Å². The number of hydroxylamine groups is 4. The maximum Gasteiger partial charge on any atom is 0.0318 e. The second-order valence-electron chi connectivity index (χ2n) is 5.27. The molecule has 0 aliphatic heterocycles. The van der Waals surface area contributed by atoms with Crippen molar-refractivity contribution in [1.82, 2.24) is 10.1 Å². The molecule has 17 heavy (non-hydrogen) atoms. The van der Waals surface area contributed by atoms with E-state index in [0.717, 1.165) is 13.1 Å². The molecule has 3 nitrogen and oxygen atoms in total. The Morgan fingerprint density at radius 1 is 0.824 bits per heavy atom. The minimum absolute atomic E-state index is 0.417. The molecule has 0 unspecified atom stereocenters. The van der Waals surface area contributed by atoms with Crippen LogP contribution in [0.3, 0.4) is 0 Å². The van der Waals surface area contributed by atoms with E-state index in [4.69, 9.17) is 4.94 Å². The van der Waals surface area contributed by atoms with Crippen molar-refractivity contribution in [3.05, 3.63) is 0 Å². The summed E-state index contributed by atoms with van der Waals surface area (Å²) in [5, 5.41) is 4.22. The molecule has 0 heterocycles. The SMILES string of the molecule is CCCCN(CCCC)ON(C(C)C)C(C)C. The summed E-state index contributed by atoms with van der Waals surface area (Å²) in [7, 11) is 0. The normalized spacial score (nSPS) is 12.4. The molecule has 0 saturated heterocycles. The summed E-state index contributed by atoms with van der Waals surface area (Å²) in [4.78, 5) is 6.04. The maximum absolute atomic E-state index is 6.04. The van der Waals surface area contributed by atoms with Crippen molar-refractivity contribution in [2.75, 3.05) is 13.1 Å². The van der Waals surface area contributed by atoms with Crippen molar-refractivity contribution in [2.24, 2.45) is 0 Å². The predicted octanol–water partition coefficient (Wildman–Crippen LogP) is 3.85. The second-order valence-corrected chi connectivity index (χ2v) is 5.27. The Hall–Kier alpha value is -0.120. The first-order chi connectivity index (χ1) is 8.02. The number of hydrogen-bond donors (Lipinski definition) is 0. The zero-order valence-electron chi connectivity index (χ0n) is 12.7. The summed E-state index contributed by atoms with van der Waals surface area (Å²) in [6.45, 7) is 15.2. The van der Waals surface area contributed by atoms with Gasteiger partial charge in [-0.3, -0.25) is 0 Å². The minimum atomic E-state index is 0.417. The predicted molar refractivity (Wildman–Crippen MR) is 74.6 cm³/mol. The fourth-order valence-electron chi connectivity index (χ4n) is 1.78. The molecule has 0 aliphatic carbocycles. The topological polar surface area (TPSA) is 15.7 Å². The lowest BCUT2D eigenvalue weighted by atomic mass is 10.3. The van der Waals surface area contributed by atoms with Crippen LogP contribution in [0.4, 0.5) is 0 Å². The summed E-state index contributed by atoms with van der Waals surface area (Å²) in [5.74, 6) is 0. The van der Waals surface area contributed by atoms with Gasteiger partial charge in [0.15, 0.2) is 0 Å². The molecule has 0 N–H and O–H groups in total. The maximum atomic E-state index is 6.04. The van der Waals surface area contributed by atoms with E-state index in [0.29, 0.717) is 12.1 Å². The smallest absolute Gasteiger partial charge is 0.0318 e. The van der Waals surface area contributed by atoms with E-state index in [1.54, 1.807) is 0 Å². The minimum Gasteiger partial charge on any atom is -0.208 e. The van der Waals surface area contributed by atoms with Crippen LogP contribution in [-0.2, 0) is 4.94 Å². The first-order valence-electron chi connectivity index (χ1n) is 7.24. The van der Waals surface area contributed by atoms with Crippen molar-refractivity contribution < 1.29 is 4.94 Å². The van der Waals surface area contributed by atoms with Crippen LogP contribution in [0, 0.1) is 0 Å². The largest absolute Gasteiger partial charge is 0.208 e. The lowest BCUT2D eigenvalue weighted by Crippen LogP contribution is -2.43. The van der Waals surface area contributed by atoms with Gasteiger partial charge in [0, 0.05) is 25.2 Å². The van der Waals surface area contributed by atoms with Crippen molar-refractivity contribution >= 4 is 0 Å². The quantitative estimate of drug-likeness (QED) is 0.543. The third-order valence-corrected chi connectivity index (χ3v) is 2.75. The van der Waals surface area contributed by atoms with Crippen LogP contribution in [-0.4, -0.2) is 35.3 Å². The van der Waals surface area contributed by atoms with Crippen LogP contribution in [0.15, 0.2) is 0 Å². The molecule has 0 spiro atoms. The van der Waals surface area contributed by atoms with Crippen LogP contribution >= 0.6 is 0 Å². The molecule has 0 atom stereocenters. The molecular weight excluding hydrogens is 212 g/mol. The van der Waals surface area contributed by atoms with Crippen molar-refractivity contribution in [3.63, 3.8) is 0 Å². The van der Waals surface area contributed by atoms with Crippen molar-refractivity contribution in [2.45, 2.75) is 79.3 Å². The molecule has 0 radical (unpaired) electrons. The second kappa shape index (κ2) is 9.86. The monoisotopic (exact) mass is 244 g/mol. The number of rotatable bonds is 10.